The molecular formula is C21H23F5N2O6S2. The van der Waals surface area contributed by atoms with E-state index in [4.69, 9.17) is 4.74 Å². The molecule has 2 aromatic heterocycles. The molecule has 0 fully saturated rings. The first-order chi connectivity index (χ1) is 16.4. The van der Waals surface area contributed by atoms with Crippen LogP contribution in [0.25, 0.3) is 0 Å². The number of rotatable bonds is 7. The van der Waals surface area contributed by atoms with E-state index in [-0.39, 0.29) is 17.1 Å². The number of methoxy groups -OCH3 is 1. The second-order valence-corrected chi connectivity index (χ2v) is 11.7. The van der Waals surface area contributed by atoms with Crippen LogP contribution in [0.4, 0.5) is 32.6 Å². The molecule has 0 saturated carbocycles. The topological polar surface area (TPSA) is 103 Å². The highest BCUT2D eigenvalue weighted by Gasteiger charge is 2.60. The van der Waals surface area contributed by atoms with Crippen LogP contribution >= 0.6 is 11.3 Å². The lowest BCUT2D eigenvalue weighted by Crippen LogP contribution is -2.38. The maximum atomic E-state index is 14.1. The highest BCUT2D eigenvalue weighted by Crippen LogP contribution is 2.47. The largest absolute Gasteiger partial charge is 0.465 e. The summed E-state index contributed by atoms with van der Waals surface area (Å²) in [4.78, 5) is 27.5. The fourth-order valence-electron chi connectivity index (χ4n) is 2.79. The van der Waals surface area contributed by atoms with Gasteiger partial charge in [0.05, 0.1) is 29.8 Å². The van der Waals surface area contributed by atoms with Crippen molar-refractivity contribution in [3.8, 4) is 0 Å². The van der Waals surface area contributed by atoms with Crippen molar-refractivity contribution in [1.82, 2.24) is 4.98 Å². The molecule has 0 aliphatic rings. The van der Waals surface area contributed by atoms with Crippen LogP contribution in [0.5, 0.6) is 0 Å². The van der Waals surface area contributed by atoms with Crippen molar-refractivity contribution in [3.63, 3.8) is 0 Å². The Labute approximate surface area is 207 Å². The number of sulfone groups is 1. The summed E-state index contributed by atoms with van der Waals surface area (Å²) in [7, 11) is -3.09. The highest BCUT2D eigenvalue weighted by atomic mass is 32.2. The zero-order valence-corrected chi connectivity index (χ0v) is 21.4. The number of pyridine rings is 1. The molecule has 0 spiro atoms. The Morgan fingerprint density at radius 2 is 1.75 bits per heavy atom. The first-order valence-electron chi connectivity index (χ1n) is 10.2. The number of amides is 1. The van der Waals surface area contributed by atoms with E-state index in [1.54, 1.807) is 0 Å². The van der Waals surface area contributed by atoms with Crippen LogP contribution < -0.4 is 4.90 Å². The van der Waals surface area contributed by atoms with Gasteiger partial charge in [-0.05, 0) is 39.0 Å². The van der Waals surface area contributed by atoms with Gasteiger partial charge in [0.2, 0.25) is 0 Å². The lowest BCUT2D eigenvalue weighted by atomic mass is 10.2. The third-order valence-electron chi connectivity index (χ3n) is 4.52. The lowest BCUT2D eigenvalue weighted by molar-refractivity contribution is -0.287. The molecule has 0 aromatic carbocycles. The van der Waals surface area contributed by atoms with Crippen LogP contribution in [0.1, 0.15) is 47.8 Å². The van der Waals surface area contributed by atoms with E-state index in [0.29, 0.717) is 11.0 Å². The number of anilines is 1. The van der Waals surface area contributed by atoms with Gasteiger partial charge in [-0.2, -0.15) is 22.0 Å². The number of hydrogen-bond donors (Lipinski definition) is 0. The molecule has 8 nitrogen and oxygen atoms in total. The minimum absolute atomic E-state index is 0.0830. The summed E-state index contributed by atoms with van der Waals surface area (Å²) in [6.07, 6.45) is -5.99. The fourth-order valence-corrected chi connectivity index (χ4v) is 4.96. The number of carbonyl (C=O) groups excluding carboxylic acids is 2. The van der Waals surface area contributed by atoms with E-state index in [2.05, 4.69) is 9.72 Å². The van der Waals surface area contributed by atoms with Gasteiger partial charge in [0.1, 0.15) is 10.5 Å². The first kappa shape index (κ1) is 29.4. The Balaban J connectivity index is 2.75. The third kappa shape index (κ3) is 6.30. The summed E-state index contributed by atoms with van der Waals surface area (Å²) >= 11 is -0.0830. The predicted molar refractivity (Wildman–Crippen MR) is 120 cm³/mol. The van der Waals surface area contributed by atoms with Gasteiger partial charge in [0.15, 0.2) is 15.7 Å². The molecule has 2 rings (SSSR count). The standard InChI is InChI=1S/C21H23F5N2O6S2/c1-6-36(31,32)14-8-7-9-27-16(14)28(18(30)34-19(2,3)4)11-13-12(17(29)33-5)10-15(35-13)20(22,23)21(24,25)26/h7-10H,6,11H2,1-5H3. The summed E-state index contributed by atoms with van der Waals surface area (Å²) in [6, 6.07) is 2.76. The van der Waals surface area contributed by atoms with Crippen LogP contribution in [0.3, 0.4) is 0 Å². The minimum Gasteiger partial charge on any atom is -0.465 e. The fraction of sp³-hybridized carbons (Fsp3) is 0.476. The monoisotopic (exact) mass is 558 g/mol. The number of carbonyl (C=O) groups is 2. The number of hydrogen-bond acceptors (Lipinski definition) is 8. The van der Waals surface area contributed by atoms with Gasteiger partial charge in [-0.25, -0.2) is 23.0 Å². The van der Waals surface area contributed by atoms with Crippen molar-refractivity contribution >= 4 is 39.1 Å². The summed E-state index contributed by atoms with van der Waals surface area (Å²) in [5.41, 5.74) is -1.77. The number of halogens is 5. The summed E-state index contributed by atoms with van der Waals surface area (Å²) in [5.74, 6) is -7.39. The quantitative estimate of drug-likeness (QED) is 0.335. The van der Waals surface area contributed by atoms with Crippen molar-refractivity contribution < 1.29 is 49.4 Å². The van der Waals surface area contributed by atoms with E-state index in [9.17, 15) is 40.0 Å². The molecule has 0 radical (unpaired) electrons. The second kappa shape index (κ2) is 10.3. The summed E-state index contributed by atoms with van der Waals surface area (Å²) < 4.78 is 102. The molecule has 0 aliphatic heterocycles. The molecular weight excluding hydrogens is 535 g/mol. The van der Waals surface area contributed by atoms with Crippen LogP contribution in [0.15, 0.2) is 29.3 Å². The SMILES string of the molecule is CCS(=O)(=O)c1cccnc1N(Cc1sc(C(F)(F)C(F)(F)F)cc1C(=O)OC)C(=O)OC(C)(C)C. The van der Waals surface area contributed by atoms with Crippen molar-refractivity contribution in [2.75, 3.05) is 17.8 Å². The average molecular weight is 559 g/mol. The van der Waals surface area contributed by atoms with Crippen LogP contribution in [0, 0.1) is 0 Å². The van der Waals surface area contributed by atoms with Crippen molar-refractivity contribution in [2.45, 2.75) is 56.8 Å². The van der Waals surface area contributed by atoms with Gasteiger partial charge < -0.3 is 9.47 Å². The molecule has 200 valence electrons. The first-order valence-corrected chi connectivity index (χ1v) is 12.7. The molecule has 36 heavy (non-hydrogen) atoms. The Bertz CT molecular complexity index is 1240. The molecule has 2 heterocycles. The van der Waals surface area contributed by atoms with Gasteiger partial charge in [-0.1, -0.05) is 6.92 Å². The second-order valence-electron chi connectivity index (χ2n) is 8.31. The number of thiophene rings is 1. The van der Waals surface area contributed by atoms with E-state index in [1.165, 1.54) is 33.8 Å². The zero-order valence-electron chi connectivity index (χ0n) is 19.8. The third-order valence-corrected chi connectivity index (χ3v) is 7.46. The number of aromatic nitrogens is 1. The predicted octanol–water partition coefficient (Wildman–Crippen LogP) is 5.32. The molecule has 1 amide bonds. The van der Waals surface area contributed by atoms with Crippen LogP contribution in [-0.2, 0) is 31.8 Å². The number of alkyl halides is 5. The number of ether oxygens (including phenoxy) is 2. The smallest absolute Gasteiger partial charge is 0.458 e. The molecule has 2 aromatic rings. The lowest BCUT2D eigenvalue weighted by Gasteiger charge is -2.27. The van der Waals surface area contributed by atoms with Gasteiger partial charge in [0, 0.05) is 11.1 Å². The summed E-state index contributed by atoms with van der Waals surface area (Å²) in [5, 5.41) is 0. The molecule has 0 N–H and O–H groups in total. The Morgan fingerprint density at radius 3 is 2.25 bits per heavy atom. The Kier molecular flexibility index (Phi) is 8.40. The molecule has 15 heteroatoms. The molecule has 0 aliphatic carbocycles. The number of esters is 1. The van der Waals surface area contributed by atoms with Gasteiger partial charge in [0.25, 0.3) is 0 Å². The maximum absolute atomic E-state index is 14.1. The van der Waals surface area contributed by atoms with Gasteiger partial charge in [-0.3, -0.25) is 4.90 Å². The average Bonchev–Trinajstić information content (AvgIpc) is 3.19. The van der Waals surface area contributed by atoms with Gasteiger partial charge in [-0.15, -0.1) is 11.3 Å². The van der Waals surface area contributed by atoms with Crippen molar-refractivity contribution in [2.24, 2.45) is 0 Å². The maximum Gasteiger partial charge on any atom is 0.458 e. The molecule has 0 atom stereocenters. The number of nitrogens with zero attached hydrogens (tertiary/aromatic N) is 2. The van der Waals surface area contributed by atoms with E-state index < -0.39 is 72.2 Å². The van der Waals surface area contributed by atoms with E-state index in [0.717, 1.165) is 19.4 Å². The van der Waals surface area contributed by atoms with Crippen LogP contribution in [0.2, 0.25) is 0 Å². The van der Waals surface area contributed by atoms with Crippen molar-refractivity contribution in [3.05, 3.63) is 39.7 Å². The Morgan fingerprint density at radius 1 is 1.14 bits per heavy atom. The Hall–Kier alpha value is -2.81. The normalized spacial score (nSPS) is 12.8. The summed E-state index contributed by atoms with van der Waals surface area (Å²) in [6.45, 7) is 5.01. The highest BCUT2D eigenvalue weighted by molar-refractivity contribution is 7.91. The van der Waals surface area contributed by atoms with E-state index >= 15 is 0 Å². The van der Waals surface area contributed by atoms with Crippen molar-refractivity contribution in [1.29, 1.82) is 0 Å². The zero-order chi connectivity index (χ0) is 27.7. The van der Waals surface area contributed by atoms with Gasteiger partial charge >= 0.3 is 24.2 Å². The molecule has 0 bridgehead atoms. The molecule has 0 saturated heterocycles. The molecule has 0 unspecified atom stereocenters. The van der Waals surface area contributed by atoms with E-state index in [1.807, 2.05) is 0 Å². The van der Waals surface area contributed by atoms with Crippen LogP contribution in [-0.4, -0.2) is 50.1 Å². The minimum atomic E-state index is -5.96.